The average Bonchev–Trinajstić information content (AvgIpc) is 3.14. The molecule has 0 radical (unpaired) electrons. The van der Waals surface area contributed by atoms with E-state index in [2.05, 4.69) is 4.90 Å². The monoisotopic (exact) mass is 295 g/mol. The molecule has 116 valence electrons. The second-order valence-corrected chi connectivity index (χ2v) is 6.44. The highest BCUT2D eigenvalue weighted by molar-refractivity contribution is 5.21. The molecular weight excluding hydrogens is 272 g/mol. The average molecular weight is 295 g/mol. The predicted octanol–water partition coefficient (Wildman–Crippen LogP) is 3.28. The van der Waals surface area contributed by atoms with E-state index in [1.54, 1.807) is 6.07 Å². The molecule has 0 bridgehead atoms. The Hall–Kier alpha value is -1.00. The Morgan fingerprint density at radius 1 is 1.10 bits per heavy atom. The first kappa shape index (κ1) is 14.9. The molecule has 1 saturated heterocycles. The van der Waals surface area contributed by atoms with Gasteiger partial charge in [0.25, 0.3) is 0 Å². The first-order valence-corrected chi connectivity index (χ1v) is 7.99. The third kappa shape index (κ3) is 2.71. The fraction of sp³-hybridized carbons (Fsp3) is 0.647. The number of aliphatic hydroxyl groups is 1. The number of hydrogen-bond donors (Lipinski definition) is 1. The minimum Gasteiger partial charge on any atom is -0.391 e. The van der Waals surface area contributed by atoms with Gasteiger partial charge in [0.2, 0.25) is 0 Å². The van der Waals surface area contributed by atoms with Crippen molar-refractivity contribution in [2.24, 2.45) is 0 Å². The summed E-state index contributed by atoms with van der Waals surface area (Å²) >= 11 is 0. The highest BCUT2D eigenvalue weighted by Crippen LogP contribution is 2.41. The molecule has 1 N–H and O–H groups in total. The molecule has 21 heavy (non-hydrogen) atoms. The lowest BCUT2D eigenvalue weighted by atomic mass is 9.84. The molecule has 0 amide bonds. The van der Waals surface area contributed by atoms with Crippen LogP contribution in [0.5, 0.6) is 0 Å². The zero-order chi connectivity index (χ0) is 14.9. The molecular formula is C17H23F2NO. The maximum absolute atomic E-state index is 13.9. The number of rotatable bonds is 4. The zero-order valence-electron chi connectivity index (χ0n) is 12.3. The van der Waals surface area contributed by atoms with Gasteiger partial charge < -0.3 is 5.11 Å². The number of likely N-dealkylation sites (tertiary alicyclic amines) is 1. The Bertz CT molecular complexity index is 494. The fourth-order valence-corrected chi connectivity index (χ4v) is 4.11. The number of benzene rings is 1. The molecule has 3 rings (SSSR count). The first-order valence-electron chi connectivity index (χ1n) is 7.99. The van der Waals surface area contributed by atoms with Gasteiger partial charge in [-0.15, -0.1) is 0 Å². The van der Waals surface area contributed by atoms with Crippen LogP contribution in [0.1, 0.15) is 44.1 Å². The minimum absolute atomic E-state index is 0.195. The van der Waals surface area contributed by atoms with E-state index in [-0.39, 0.29) is 17.5 Å². The van der Waals surface area contributed by atoms with E-state index in [0.29, 0.717) is 0 Å². The summed E-state index contributed by atoms with van der Waals surface area (Å²) in [6.45, 7) is 2.03. The van der Waals surface area contributed by atoms with E-state index >= 15 is 0 Å². The van der Waals surface area contributed by atoms with Crippen molar-refractivity contribution in [2.75, 3.05) is 13.1 Å². The summed E-state index contributed by atoms with van der Waals surface area (Å²) in [6, 6.07) is 4.21. The van der Waals surface area contributed by atoms with Crippen molar-refractivity contribution in [3.05, 3.63) is 35.4 Å². The van der Waals surface area contributed by atoms with Gasteiger partial charge in [-0.2, -0.15) is 0 Å². The Morgan fingerprint density at radius 3 is 2.43 bits per heavy atom. The van der Waals surface area contributed by atoms with Crippen LogP contribution in [0.4, 0.5) is 8.78 Å². The van der Waals surface area contributed by atoms with Gasteiger partial charge in [-0.25, -0.2) is 8.78 Å². The van der Waals surface area contributed by atoms with Crippen molar-refractivity contribution in [3.63, 3.8) is 0 Å². The second-order valence-electron chi connectivity index (χ2n) is 6.44. The van der Waals surface area contributed by atoms with Gasteiger partial charge in [0.1, 0.15) is 0 Å². The molecule has 1 aromatic rings. The van der Waals surface area contributed by atoms with Gasteiger partial charge in [-0.1, -0.05) is 25.0 Å². The molecule has 1 heterocycles. The summed E-state index contributed by atoms with van der Waals surface area (Å²) in [7, 11) is 0. The van der Waals surface area contributed by atoms with Crippen LogP contribution in [0.2, 0.25) is 0 Å². The van der Waals surface area contributed by atoms with Crippen LogP contribution in [0, 0.1) is 11.6 Å². The van der Waals surface area contributed by atoms with Crippen LogP contribution in [-0.2, 0) is 6.42 Å². The van der Waals surface area contributed by atoms with Gasteiger partial charge >= 0.3 is 0 Å². The lowest BCUT2D eigenvalue weighted by Crippen LogP contribution is -2.54. The van der Waals surface area contributed by atoms with Crippen LogP contribution < -0.4 is 0 Å². The van der Waals surface area contributed by atoms with Gasteiger partial charge in [0, 0.05) is 12.0 Å². The van der Waals surface area contributed by atoms with Crippen molar-refractivity contribution in [2.45, 2.75) is 56.6 Å². The van der Waals surface area contributed by atoms with E-state index in [1.165, 1.54) is 18.9 Å². The van der Waals surface area contributed by atoms with Crippen LogP contribution in [-0.4, -0.2) is 34.7 Å². The molecule has 1 aromatic carbocycles. The van der Waals surface area contributed by atoms with Gasteiger partial charge in [-0.05, 0) is 50.4 Å². The van der Waals surface area contributed by atoms with Crippen molar-refractivity contribution in [1.82, 2.24) is 4.90 Å². The summed E-state index contributed by atoms with van der Waals surface area (Å²) in [5.41, 5.74) is 0.0582. The summed E-state index contributed by atoms with van der Waals surface area (Å²) in [5, 5.41) is 10.8. The molecule has 1 saturated carbocycles. The Kier molecular flexibility index (Phi) is 4.27. The second kappa shape index (κ2) is 6.01. The van der Waals surface area contributed by atoms with Crippen LogP contribution >= 0.6 is 0 Å². The lowest BCUT2D eigenvalue weighted by molar-refractivity contribution is -0.0176. The topological polar surface area (TPSA) is 23.5 Å². The lowest BCUT2D eigenvalue weighted by Gasteiger charge is -2.42. The van der Waals surface area contributed by atoms with E-state index in [0.717, 1.165) is 44.8 Å². The van der Waals surface area contributed by atoms with E-state index in [4.69, 9.17) is 0 Å². The maximum Gasteiger partial charge on any atom is 0.162 e. The molecule has 2 fully saturated rings. The van der Waals surface area contributed by atoms with E-state index in [1.807, 2.05) is 0 Å². The number of aliphatic hydroxyl groups excluding tert-OH is 1. The number of hydrogen-bond acceptors (Lipinski definition) is 2. The Labute approximate surface area is 124 Å². The molecule has 1 unspecified atom stereocenters. The molecule has 0 spiro atoms. The Morgan fingerprint density at radius 2 is 1.76 bits per heavy atom. The number of nitrogens with zero attached hydrogens (tertiary/aromatic N) is 1. The quantitative estimate of drug-likeness (QED) is 0.921. The molecule has 1 aliphatic heterocycles. The third-order valence-electron chi connectivity index (χ3n) is 5.27. The third-order valence-corrected chi connectivity index (χ3v) is 5.27. The molecule has 2 aliphatic rings. The normalized spacial score (nSPS) is 23.6. The smallest absolute Gasteiger partial charge is 0.162 e. The maximum atomic E-state index is 13.9. The van der Waals surface area contributed by atoms with E-state index < -0.39 is 17.7 Å². The van der Waals surface area contributed by atoms with Crippen molar-refractivity contribution in [3.8, 4) is 0 Å². The SMILES string of the molecule is OC(Cc1cccc(F)c1F)C1(N2CCCC2)CCCC1. The van der Waals surface area contributed by atoms with Crippen LogP contribution in [0.3, 0.4) is 0 Å². The van der Waals surface area contributed by atoms with E-state index in [9.17, 15) is 13.9 Å². The highest BCUT2D eigenvalue weighted by Gasteiger charge is 2.46. The fourth-order valence-electron chi connectivity index (χ4n) is 4.11. The standard InChI is InChI=1S/C17H23F2NO/c18-14-7-5-6-13(16(14)19)12-15(21)17(8-1-2-9-17)20-10-3-4-11-20/h5-7,15,21H,1-4,8-12H2. The molecule has 0 aromatic heterocycles. The molecule has 1 aliphatic carbocycles. The van der Waals surface area contributed by atoms with Crippen molar-refractivity contribution in [1.29, 1.82) is 0 Å². The minimum atomic E-state index is -0.832. The van der Waals surface area contributed by atoms with Crippen molar-refractivity contribution < 1.29 is 13.9 Å². The first-order chi connectivity index (χ1) is 10.1. The van der Waals surface area contributed by atoms with Crippen LogP contribution in [0.15, 0.2) is 18.2 Å². The summed E-state index contributed by atoms with van der Waals surface area (Å²) in [5.74, 6) is -1.65. The van der Waals surface area contributed by atoms with Gasteiger partial charge in [0.05, 0.1) is 6.10 Å². The van der Waals surface area contributed by atoms with Gasteiger partial charge in [0.15, 0.2) is 11.6 Å². The predicted molar refractivity (Wildman–Crippen MR) is 78.1 cm³/mol. The van der Waals surface area contributed by atoms with Gasteiger partial charge in [-0.3, -0.25) is 4.90 Å². The summed E-state index contributed by atoms with van der Waals surface area (Å²) in [4.78, 5) is 2.39. The van der Waals surface area contributed by atoms with Crippen LogP contribution in [0.25, 0.3) is 0 Å². The summed E-state index contributed by atoms with van der Waals surface area (Å²) in [6.07, 6.45) is 6.05. The summed E-state index contributed by atoms with van der Waals surface area (Å²) < 4.78 is 27.2. The zero-order valence-corrected chi connectivity index (χ0v) is 12.3. The largest absolute Gasteiger partial charge is 0.391 e. The highest BCUT2D eigenvalue weighted by atomic mass is 19.2. The van der Waals surface area contributed by atoms with Crippen molar-refractivity contribution >= 4 is 0 Å². The number of halogens is 2. The Balaban J connectivity index is 1.81. The molecule has 2 nitrogen and oxygen atoms in total. The molecule has 1 atom stereocenters. The molecule has 4 heteroatoms.